The minimum atomic E-state index is -0.283. The third-order valence-electron chi connectivity index (χ3n) is 3.04. The third-order valence-corrected chi connectivity index (χ3v) is 5.48. The normalized spacial score (nSPS) is 13.2. The second-order valence-electron chi connectivity index (χ2n) is 7.01. The first-order chi connectivity index (χ1) is 9.00. The average molecular weight is 393 g/mol. The monoisotopic (exact) mass is 393 g/mol. The van der Waals surface area contributed by atoms with E-state index in [0.717, 1.165) is 8.25 Å². The number of hydrogen-bond acceptors (Lipinski definition) is 4. The molecule has 1 rings (SSSR count). The van der Waals surface area contributed by atoms with Crippen LogP contribution in [0.25, 0.3) is 0 Å². The molecule has 0 radical (unpaired) electrons. The summed E-state index contributed by atoms with van der Waals surface area (Å²) in [5.74, 6) is 0.288. The summed E-state index contributed by atoms with van der Waals surface area (Å²) in [4.78, 5) is 14.5. The fraction of sp³-hybridized carbons (Fsp3) is 0.786. The summed E-state index contributed by atoms with van der Waals surface area (Å²) in [7, 11) is 1.88. The molecule has 0 N–H and O–H groups in total. The third kappa shape index (κ3) is 5.47. The zero-order valence-corrected chi connectivity index (χ0v) is 15.7. The number of rotatable bonds is 5. The fourth-order valence-electron chi connectivity index (χ4n) is 1.38. The first-order valence-electron chi connectivity index (χ1n) is 6.74. The predicted molar refractivity (Wildman–Crippen MR) is 75.5 cm³/mol. The molecule has 0 unspecified atom stereocenters. The minimum absolute atomic E-state index is 0.0111. The van der Waals surface area contributed by atoms with Crippen LogP contribution in [0.3, 0.4) is 0 Å². The van der Waals surface area contributed by atoms with Crippen LogP contribution in [0.5, 0.6) is 0 Å². The summed E-state index contributed by atoms with van der Waals surface area (Å²) in [5, 5.41) is 8.11. The fourth-order valence-corrected chi connectivity index (χ4v) is 4.26. The molecule has 0 saturated carbocycles. The number of aryl methyl sites for hydroxylation is 1. The number of halogens is 1. The summed E-state index contributed by atoms with van der Waals surface area (Å²) in [6, 6.07) is 0. The molecule has 0 aliphatic heterocycles. The number of ketones is 1. The van der Waals surface area contributed by atoms with Gasteiger partial charge in [-0.25, -0.2) is 0 Å². The second kappa shape index (κ2) is 6.51. The van der Waals surface area contributed by atoms with Gasteiger partial charge in [-0.1, -0.05) is 0 Å². The Morgan fingerprint density at radius 2 is 1.90 bits per heavy atom. The number of carbonyl (C=O) groups excluding carboxylic acids is 1. The van der Waals surface area contributed by atoms with E-state index in [2.05, 4.69) is 36.0 Å². The van der Waals surface area contributed by atoms with Crippen LogP contribution in [0, 0.1) is 9.12 Å². The van der Waals surface area contributed by atoms with Crippen LogP contribution in [0.2, 0.25) is 0 Å². The van der Waals surface area contributed by atoms with E-state index in [1.165, 1.54) is 0 Å². The van der Waals surface area contributed by atoms with E-state index in [-0.39, 0.29) is 37.9 Å². The van der Waals surface area contributed by atoms with Gasteiger partial charge in [0.1, 0.15) is 0 Å². The van der Waals surface area contributed by atoms with E-state index < -0.39 is 0 Å². The Kier molecular flexibility index (Phi) is 5.71. The van der Waals surface area contributed by atoms with Gasteiger partial charge in [-0.3, -0.25) is 0 Å². The van der Waals surface area contributed by atoms with E-state index in [4.69, 9.17) is 0 Å². The Labute approximate surface area is 132 Å². The summed E-state index contributed by atoms with van der Waals surface area (Å²) in [5.41, 5.74) is -0.294. The van der Waals surface area contributed by atoms with Crippen molar-refractivity contribution < 1.29 is 26.0 Å². The van der Waals surface area contributed by atoms with Gasteiger partial charge < -0.3 is 0 Å². The van der Waals surface area contributed by atoms with Crippen LogP contribution in [0.1, 0.15) is 41.5 Å². The molecule has 20 heavy (non-hydrogen) atoms. The molecule has 1 heterocycles. The average Bonchev–Trinajstić information content (AvgIpc) is 2.67. The van der Waals surface area contributed by atoms with E-state index in [9.17, 15) is 4.79 Å². The number of nitrogens with zero attached hydrogens (tertiary/aromatic N) is 4. The Morgan fingerprint density at radius 3 is 2.30 bits per heavy atom. The molecular weight excluding hydrogens is 367 g/mol. The van der Waals surface area contributed by atoms with Crippen LogP contribution < -0.4 is 21.2 Å². The van der Waals surface area contributed by atoms with E-state index in [1.807, 2.05) is 34.0 Å². The van der Waals surface area contributed by atoms with Crippen molar-refractivity contribution in [3.63, 3.8) is 0 Å². The quantitative estimate of drug-likeness (QED) is 0.356. The van der Waals surface area contributed by atoms with E-state index >= 15 is 0 Å². The van der Waals surface area contributed by atoms with Crippen LogP contribution in [0.15, 0.2) is 6.20 Å². The molecule has 1 aromatic rings. The van der Waals surface area contributed by atoms with E-state index in [1.54, 1.807) is 4.68 Å². The summed E-state index contributed by atoms with van der Waals surface area (Å²) < 4.78 is 3.73. The number of aromatic nitrogens is 3. The molecule has 0 saturated heterocycles. The van der Waals surface area contributed by atoms with Gasteiger partial charge in [0.05, 0.1) is 0 Å². The predicted octanol–water partition coefficient (Wildman–Crippen LogP) is -1.25. The summed E-state index contributed by atoms with van der Waals surface area (Å²) in [6.07, 6.45) is 1.97. The molecule has 0 bridgehead atoms. The Hall–Kier alpha value is -0.500. The van der Waals surface area contributed by atoms with Gasteiger partial charge >= 0.3 is 132 Å². The van der Waals surface area contributed by atoms with Gasteiger partial charge in [-0.15, -0.1) is 0 Å². The van der Waals surface area contributed by atoms with Crippen molar-refractivity contribution in [2.45, 2.75) is 47.1 Å². The molecule has 0 amide bonds. The van der Waals surface area contributed by atoms with Gasteiger partial charge in [0.2, 0.25) is 0 Å². The molecule has 1 aromatic heterocycles. The van der Waals surface area contributed by atoms with Gasteiger partial charge in [-0.2, -0.15) is 0 Å². The first kappa shape index (κ1) is 17.6. The molecular formula is C14H26IN4O-. The number of carbonyl (C=O) groups is 1. The standard InChI is InChI=1S/C14H26IN4O/c1-13(2,3)11(20)8-19(14(4,5)6)10-15-12-9-18(7)17-16-12/h9H,8,10H2,1-7H3/q-1. The van der Waals surface area contributed by atoms with Crippen LogP contribution in [-0.4, -0.2) is 42.3 Å². The Balaban J connectivity index is 2.68. The zero-order chi connectivity index (χ0) is 15.6. The number of Topliss-reactive ketones (excluding diaryl/α,β-unsaturated/α-hetero) is 1. The Morgan fingerprint density at radius 1 is 1.30 bits per heavy atom. The van der Waals surface area contributed by atoms with E-state index in [0.29, 0.717) is 6.54 Å². The van der Waals surface area contributed by atoms with Crippen molar-refractivity contribution in [2.75, 3.05) is 11.1 Å². The first-order valence-corrected chi connectivity index (χ1v) is 9.34. The second-order valence-corrected chi connectivity index (χ2v) is 9.56. The van der Waals surface area contributed by atoms with Crippen LogP contribution >= 0.6 is 0 Å². The number of hydrogen-bond donors (Lipinski definition) is 0. The molecule has 6 heteroatoms. The summed E-state index contributed by atoms with van der Waals surface area (Å²) in [6.45, 7) is 12.9. The van der Waals surface area contributed by atoms with Crippen molar-refractivity contribution in [1.82, 2.24) is 19.9 Å². The molecule has 0 fully saturated rings. The molecule has 0 aliphatic rings. The van der Waals surface area contributed by atoms with Crippen LogP contribution in [0.4, 0.5) is 0 Å². The molecule has 5 nitrogen and oxygen atoms in total. The van der Waals surface area contributed by atoms with Gasteiger partial charge in [-0.05, 0) is 0 Å². The maximum absolute atomic E-state index is 12.3. The van der Waals surface area contributed by atoms with Crippen molar-refractivity contribution in [2.24, 2.45) is 12.5 Å². The van der Waals surface area contributed by atoms with Crippen molar-refractivity contribution >= 4 is 5.78 Å². The van der Waals surface area contributed by atoms with Gasteiger partial charge in [0.15, 0.2) is 0 Å². The molecule has 0 spiro atoms. The molecule has 0 aromatic carbocycles. The van der Waals surface area contributed by atoms with Crippen LogP contribution in [-0.2, 0) is 11.8 Å². The molecule has 116 valence electrons. The topological polar surface area (TPSA) is 51.0 Å². The SMILES string of the molecule is Cn1cc([I-]CN(CC(=O)C(C)(C)C)C(C)(C)C)nn1. The van der Waals surface area contributed by atoms with Crippen molar-refractivity contribution in [3.05, 3.63) is 9.90 Å². The molecule has 0 atom stereocenters. The zero-order valence-electron chi connectivity index (χ0n) is 13.6. The van der Waals surface area contributed by atoms with Gasteiger partial charge in [0.25, 0.3) is 0 Å². The van der Waals surface area contributed by atoms with Gasteiger partial charge in [0, 0.05) is 0 Å². The Bertz CT molecular complexity index is 456. The summed E-state index contributed by atoms with van der Waals surface area (Å²) >= 11 is -0.248. The van der Waals surface area contributed by atoms with Crippen molar-refractivity contribution in [3.8, 4) is 0 Å². The number of alkyl halides is 1. The molecule has 0 aliphatic carbocycles. The maximum atomic E-state index is 12.3. The van der Waals surface area contributed by atoms with Crippen molar-refractivity contribution in [1.29, 1.82) is 0 Å².